The van der Waals surface area contributed by atoms with Crippen molar-refractivity contribution in [2.75, 3.05) is 5.73 Å². The summed E-state index contributed by atoms with van der Waals surface area (Å²) in [4.78, 5) is 4.41. The molecule has 0 bridgehead atoms. The topological polar surface area (TPSA) is 103 Å². The van der Waals surface area contributed by atoms with E-state index in [9.17, 15) is 15.5 Å². The number of nitrogens with zero attached hydrogens (tertiary/aromatic N) is 2. The van der Waals surface area contributed by atoms with Gasteiger partial charge in [-0.25, -0.2) is 4.98 Å². The van der Waals surface area contributed by atoms with Crippen LogP contribution in [0.3, 0.4) is 0 Å². The predicted octanol–water partition coefficient (Wildman–Crippen LogP) is 3.18. The summed E-state index contributed by atoms with van der Waals surface area (Å²) < 4.78 is 0. The number of rotatable bonds is 1. The van der Waals surface area contributed by atoms with Gasteiger partial charge in [0.25, 0.3) is 0 Å². The van der Waals surface area contributed by atoms with E-state index in [0.29, 0.717) is 23.2 Å². The molecule has 4 N–H and O–H groups in total. The number of nitrogens with two attached hydrogens (primary N) is 1. The second-order valence-corrected chi connectivity index (χ2v) is 5.71. The number of aromatic nitrogens is 1. The van der Waals surface area contributed by atoms with E-state index in [1.54, 1.807) is 36.4 Å². The minimum Gasteiger partial charge on any atom is -0.508 e. The summed E-state index contributed by atoms with van der Waals surface area (Å²) in [5, 5.41) is 29.2. The first-order valence-corrected chi connectivity index (χ1v) is 7.43. The lowest BCUT2D eigenvalue weighted by atomic mass is 9.94. The monoisotopic (exact) mass is 315 g/mol. The molecule has 0 unspecified atom stereocenters. The van der Waals surface area contributed by atoms with Gasteiger partial charge in [-0.3, -0.25) is 0 Å². The molecule has 0 amide bonds. The van der Waals surface area contributed by atoms with Crippen molar-refractivity contribution < 1.29 is 10.2 Å². The number of benzene rings is 2. The van der Waals surface area contributed by atoms with Gasteiger partial charge in [0.2, 0.25) is 0 Å². The Morgan fingerprint density at radius 2 is 1.79 bits per heavy atom. The lowest BCUT2D eigenvalue weighted by Gasteiger charge is -2.13. The second-order valence-electron chi connectivity index (χ2n) is 5.71. The number of phenolic OH excluding ortho intramolecular Hbond substituents is 2. The molecule has 0 saturated carbocycles. The van der Waals surface area contributed by atoms with E-state index in [1.807, 2.05) is 6.07 Å². The van der Waals surface area contributed by atoms with E-state index in [4.69, 9.17) is 5.73 Å². The normalized spacial score (nSPS) is 11.6. The molecular formula is C19H13N3O2. The summed E-state index contributed by atoms with van der Waals surface area (Å²) in [6.07, 6.45) is 0.482. The zero-order chi connectivity index (χ0) is 16.8. The lowest BCUT2D eigenvalue weighted by Crippen LogP contribution is -2.02. The summed E-state index contributed by atoms with van der Waals surface area (Å²) in [5.41, 5.74) is 11.0. The SMILES string of the molecule is N#Cc1c(N)nc2c(c1-c1ccc(O)cc1)Cc1c(O)cccc1-2. The number of pyridine rings is 1. The lowest BCUT2D eigenvalue weighted by molar-refractivity contribution is 0.470. The molecule has 2 aromatic carbocycles. The number of anilines is 1. The molecule has 116 valence electrons. The first-order valence-electron chi connectivity index (χ1n) is 7.43. The van der Waals surface area contributed by atoms with Crippen molar-refractivity contribution in [2.24, 2.45) is 0 Å². The van der Waals surface area contributed by atoms with E-state index in [-0.39, 0.29) is 17.3 Å². The fourth-order valence-electron chi connectivity index (χ4n) is 3.25. The van der Waals surface area contributed by atoms with Crippen LogP contribution in [0.2, 0.25) is 0 Å². The third kappa shape index (κ3) is 1.90. The highest BCUT2D eigenvalue weighted by Gasteiger charge is 2.28. The van der Waals surface area contributed by atoms with Gasteiger partial charge in [0, 0.05) is 23.1 Å². The molecule has 5 nitrogen and oxygen atoms in total. The maximum absolute atomic E-state index is 10.1. The largest absolute Gasteiger partial charge is 0.508 e. The molecule has 5 heteroatoms. The summed E-state index contributed by atoms with van der Waals surface area (Å²) >= 11 is 0. The van der Waals surface area contributed by atoms with Gasteiger partial charge in [0.1, 0.15) is 28.9 Å². The fourth-order valence-corrected chi connectivity index (χ4v) is 3.25. The number of fused-ring (bicyclic) bond motifs is 3. The molecule has 0 aliphatic heterocycles. The molecule has 0 saturated heterocycles. The molecule has 1 aromatic heterocycles. The van der Waals surface area contributed by atoms with Gasteiger partial charge in [-0.2, -0.15) is 5.26 Å². The van der Waals surface area contributed by atoms with Crippen LogP contribution >= 0.6 is 0 Å². The quantitative estimate of drug-likeness (QED) is 0.500. The zero-order valence-corrected chi connectivity index (χ0v) is 12.6. The average Bonchev–Trinajstić information content (AvgIpc) is 2.94. The van der Waals surface area contributed by atoms with Gasteiger partial charge in [-0.1, -0.05) is 24.3 Å². The fraction of sp³-hybridized carbons (Fsp3) is 0.0526. The van der Waals surface area contributed by atoms with E-state index >= 15 is 0 Å². The van der Waals surface area contributed by atoms with Gasteiger partial charge >= 0.3 is 0 Å². The Hall–Kier alpha value is -3.52. The molecule has 0 fully saturated rings. The predicted molar refractivity (Wildman–Crippen MR) is 90.4 cm³/mol. The van der Waals surface area contributed by atoms with Gasteiger partial charge in [0.15, 0.2) is 0 Å². The van der Waals surface area contributed by atoms with E-state index in [0.717, 1.165) is 22.3 Å². The third-order valence-electron chi connectivity index (χ3n) is 4.35. The first kappa shape index (κ1) is 14.1. The standard InChI is InChI=1S/C19H13N3O2/c20-9-15-17(10-4-6-11(23)7-5-10)14-8-13-12(2-1-3-16(13)24)18(14)22-19(15)21/h1-7,23-24H,8H2,(H2,21,22). The molecule has 1 heterocycles. The maximum atomic E-state index is 10.1. The molecular weight excluding hydrogens is 302 g/mol. The van der Waals surface area contributed by atoms with Crippen molar-refractivity contribution in [2.45, 2.75) is 6.42 Å². The van der Waals surface area contributed by atoms with Gasteiger partial charge in [-0.15, -0.1) is 0 Å². The van der Waals surface area contributed by atoms with Crippen LogP contribution in [0.15, 0.2) is 42.5 Å². The van der Waals surface area contributed by atoms with Gasteiger partial charge < -0.3 is 15.9 Å². The average molecular weight is 315 g/mol. The highest BCUT2D eigenvalue weighted by Crippen LogP contribution is 2.45. The van der Waals surface area contributed by atoms with Crippen LogP contribution in [0.5, 0.6) is 11.5 Å². The molecule has 24 heavy (non-hydrogen) atoms. The Labute approximate surface area is 138 Å². The zero-order valence-electron chi connectivity index (χ0n) is 12.6. The molecule has 0 radical (unpaired) electrons. The molecule has 3 aromatic rings. The Bertz CT molecular complexity index is 1020. The van der Waals surface area contributed by atoms with Crippen molar-refractivity contribution in [3.05, 3.63) is 59.2 Å². The van der Waals surface area contributed by atoms with Crippen molar-refractivity contribution >= 4 is 5.82 Å². The van der Waals surface area contributed by atoms with Crippen LogP contribution in [0.4, 0.5) is 5.82 Å². The Morgan fingerprint density at radius 1 is 1.04 bits per heavy atom. The highest BCUT2D eigenvalue weighted by atomic mass is 16.3. The third-order valence-corrected chi connectivity index (χ3v) is 4.35. The van der Waals surface area contributed by atoms with Crippen LogP contribution in [0.25, 0.3) is 22.4 Å². The molecule has 4 rings (SSSR count). The van der Waals surface area contributed by atoms with E-state index in [1.165, 1.54) is 0 Å². The number of nitriles is 1. The molecule has 1 aliphatic rings. The van der Waals surface area contributed by atoms with Crippen LogP contribution in [0.1, 0.15) is 16.7 Å². The number of phenols is 2. The van der Waals surface area contributed by atoms with Crippen molar-refractivity contribution in [3.8, 4) is 40.0 Å². The number of hydrogen-bond donors (Lipinski definition) is 3. The summed E-state index contributed by atoms with van der Waals surface area (Å²) in [6, 6.07) is 14.1. The maximum Gasteiger partial charge on any atom is 0.142 e. The summed E-state index contributed by atoms with van der Waals surface area (Å²) in [5.74, 6) is 0.520. The van der Waals surface area contributed by atoms with E-state index in [2.05, 4.69) is 11.1 Å². The number of nitrogen functional groups attached to an aromatic ring is 1. The second kappa shape index (κ2) is 5.00. The Morgan fingerprint density at radius 3 is 2.50 bits per heavy atom. The summed E-state index contributed by atoms with van der Waals surface area (Å²) in [6.45, 7) is 0. The van der Waals surface area contributed by atoms with Crippen LogP contribution in [0, 0.1) is 11.3 Å². The molecule has 0 spiro atoms. The summed E-state index contributed by atoms with van der Waals surface area (Å²) in [7, 11) is 0. The van der Waals surface area contributed by atoms with Crippen LogP contribution in [-0.4, -0.2) is 15.2 Å². The highest BCUT2D eigenvalue weighted by molar-refractivity contribution is 5.89. The van der Waals surface area contributed by atoms with Crippen molar-refractivity contribution in [3.63, 3.8) is 0 Å². The Balaban J connectivity index is 2.05. The van der Waals surface area contributed by atoms with Crippen LogP contribution < -0.4 is 5.73 Å². The number of aromatic hydroxyl groups is 2. The van der Waals surface area contributed by atoms with Crippen LogP contribution in [-0.2, 0) is 6.42 Å². The first-order chi connectivity index (χ1) is 11.6. The number of hydrogen-bond acceptors (Lipinski definition) is 5. The van der Waals surface area contributed by atoms with Crippen molar-refractivity contribution in [1.29, 1.82) is 5.26 Å². The smallest absolute Gasteiger partial charge is 0.142 e. The van der Waals surface area contributed by atoms with E-state index < -0.39 is 0 Å². The minimum absolute atomic E-state index is 0.150. The van der Waals surface area contributed by atoms with Crippen molar-refractivity contribution in [1.82, 2.24) is 4.98 Å². The minimum atomic E-state index is 0.150. The van der Waals surface area contributed by atoms with Gasteiger partial charge in [-0.05, 0) is 29.3 Å². The van der Waals surface area contributed by atoms with Gasteiger partial charge in [0.05, 0.1) is 5.69 Å². The molecule has 1 aliphatic carbocycles. The molecule has 0 atom stereocenters. The Kier molecular flexibility index (Phi) is 2.94.